The number of nitrogens with two attached hydrogens (primary N) is 1. The molecule has 1 amide bonds. The maximum Gasteiger partial charge on any atom is 0.310 e. The fraction of sp³-hybridized carbons (Fsp3) is 0.800. The van der Waals surface area contributed by atoms with Gasteiger partial charge >= 0.3 is 5.97 Å². The lowest BCUT2D eigenvalue weighted by atomic mass is 9.77. The van der Waals surface area contributed by atoms with Crippen molar-refractivity contribution >= 4 is 11.9 Å². The molecule has 0 aliphatic heterocycles. The molecule has 0 aromatic heterocycles. The van der Waals surface area contributed by atoms with E-state index in [0.717, 1.165) is 6.42 Å². The molecule has 0 spiro atoms. The minimum Gasteiger partial charge on any atom is -0.481 e. The number of carboxylic acids is 1. The molecule has 1 saturated carbocycles. The molecule has 0 aromatic carbocycles. The molecular formula is C10H18N2O3. The molecule has 0 atom stereocenters. The molecule has 1 aliphatic rings. The Morgan fingerprint density at radius 2 is 2.00 bits per heavy atom. The molecule has 1 rings (SSSR count). The Hall–Kier alpha value is -1.10. The molecule has 0 heterocycles. The average molecular weight is 214 g/mol. The summed E-state index contributed by atoms with van der Waals surface area (Å²) < 4.78 is 0. The third-order valence-corrected chi connectivity index (χ3v) is 2.97. The van der Waals surface area contributed by atoms with Gasteiger partial charge in [-0.25, -0.2) is 0 Å². The Morgan fingerprint density at radius 1 is 1.47 bits per heavy atom. The normalized spacial score (nSPS) is 19.1. The highest BCUT2D eigenvalue weighted by molar-refractivity contribution is 5.87. The second kappa shape index (κ2) is 3.81. The second-order valence-corrected chi connectivity index (χ2v) is 4.88. The van der Waals surface area contributed by atoms with E-state index in [1.54, 1.807) is 13.8 Å². The molecule has 0 aromatic rings. The number of aliphatic carboxylic acids is 1. The van der Waals surface area contributed by atoms with Crippen molar-refractivity contribution in [2.24, 2.45) is 11.1 Å². The van der Waals surface area contributed by atoms with E-state index in [2.05, 4.69) is 5.32 Å². The van der Waals surface area contributed by atoms with Gasteiger partial charge in [-0.1, -0.05) is 0 Å². The largest absolute Gasteiger partial charge is 0.481 e. The van der Waals surface area contributed by atoms with E-state index in [-0.39, 0.29) is 12.5 Å². The van der Waals surface area contributed by atoms with Crippen molar-refractivity contribution in [3.05, 3.63) is 0 Å². The minimum atomic E-state index is -0.949. The van der Waals surface area contributed by atoms with Crippen LogP contribution < -0.4 is 11.1 Å². The van der Waals surface area contributed by atoms with E-state index in [4.69, 9.17) is 10.8 Å². The Bertz CT molecular complexity index is 282. The van der Waals surface area contributed by atoms with Crippen LogP contribution in [0.1, 0.15) is 33.1 Å². The Labute approximate surface area is 89.0 Å². The maximum atomic E-state index is 11.6. The smallest absolute Gasteiger partial charge is 0.310 e. The second-order valence-electron chi connectivity index (χ2n) is 4.88. The first kappa shape index (κ1) is 12.0. The van der Waals surface area contributed by atoms with Gasteiger partial charge in [-0.05, 0) is 33.1 Å². The predicted molar refractivity (Wildman–Crippen MR) is 55.2 cm³/mol. The van der Waals surface area contributed by atoms with Gasteiger partial charge < -0.3 is 16.2 Å². The number of nitrogens with one attached hydrogen (secondary N) is 1. The molecule has 15 heavy (non-hydrogen) atoms. The van der Waals surface area contributed by atoms with E-state index in [9.17, 15) is 9.59 Å². The minimum absolute atomic E-state index is 0.111. The zero-order valence-corrected chi connectivity index (χ0v) is 9.17. The van der Waals surface area contributed by atoms with Gasteiger partial charge in [0.15, 0.2) is 0 Å². The van der Waals surface area contributed by atoms with Gasteiger partial charge in [-0.15, -0.1) is 0 Å². The summed E-state index contributed by atoms with van der Waals surface area (Å²) in [7, 11) is 0. The highest BCUT2D eigenvalue weighted by atomic mass is 16.4. The predicted octanol–water partition coefficient (Wildman–Crippen LogP) is 0.0948. The van der Waals surface area contributed by atoms with Crippen molar-refractivity contribution in [1.82, 2.24) is 5.32 Å². The molecule has 1 aliphatic carbocycles. The highest BCUT2D eigenvalue weighted by Crippen LogP contribution is 2.29. The SMILES string of the molecule is CC(C)(CNC(=O)C1(N)CCC1)C(=O)O. The number of hydrogen-bond acceptors (Lipinski definition) is 3. The van der Waals surface area contributed by atoms with E-state index < -0.39 is 16.9 Å². The van der Waals surface area contributed by atoms with Crippen LogP contribution in [0.4, 0.5) is 0 Å². The first-order valence-corrected chi connectivity index (χ1v) is 5.08. The Morgan fingerprint density at radius 3 is 2.33 bits per heavy atom. The van der Waals surface area contributed by atoms with Gasteiger partial charge in [0.05, 0.1) is 11.0 Å². The third kappa shape index (κ3) is 2.47. The van der Waals surface area contributed by atoms with Crippen molar-refractivity contribution in [3.63, 3.8) is 0 Å². The summed E-state index contributed by atoms with van der Waals surface area (Å²) in [6.07, 6.45) is 2.34. The maximum absolute atomic E-state index is 11.6. The quantitative estimate of drug-likeness (QED) is 0.618. The summed E-state index contributed by atoms with van der Waals surface area (Å²) in [5.74, 6) is -1.16. The summed E-state index contributed by atoms with van der Waals surface area (Å²) in [5, 5.41) is 11.4. The number of rotatable bonds is 4. The number of carboxylic acid groups (broad SMARTS) is 1. The molecule has 0 saturated heterocycles. The molecule has 0 radical (unpaired) electrons. The van der Waals surface area contributed by atoms with Crippen LogP contribution in [-0.2, 0) is 9.59 Å². The Kier molecular flexibility index (Phi) is 3.04. The fourth-order valence-corrected chi connectivity index (χ4v) is 1.34. The molecule has 0 bridgehead atoms. The first-order valence-electron chi connectivity index (χ1n) is 5.08. The van der Waals surface area contributed by atoms with Gasteiger partial charge in [-0.3, -0.25) is 9.59 Å². The van der Waals surface area contributed by atoms with Crippen LogP contribution in [0.15, 0.2) is 0 Å². The van der Waals surface area contributed by atoms with Crippen molar-refractivity contribution in [2.45, 2.75) is 38.6 Å². The molecule has 4 N–H and O–H groups in total. The van der Waals surface area contributed by atoms with Gasteiger partial charge in [0.1, 0.15) is 0 Å². The van der Waals surface area contributed by atoms with Crippen LogP contribution in [0.5, 0.6) is 0 Å². The van der Waals surface area contributed by atoms with Crippen LogP contribution >= 0.6 is 0 Å². The van der Waals surface area contributed by atoms with Gasteiger partial charge in [0, 0.05) is 6.54 Å². The van der Waals surface area contributed by atoms with Gasteiger partial charge in [0.2, 0.25) is 5.91 Å². The molecule has 0 unspecified atom stereocenters. The summed E-state index contributed by atoms with van der Waals surface area (Å²) in [5.41, 5.74) is 4.09. The number of carbonyl (C=O) groups excluding carboxylic acids is 1. The monoisotopic (exact) mass is 214 g/mol. The topological polar surface area (TPSA) is 92.4 Å². The van der Waals surface area contributed by atoms with E-state index in [1.807, 2.05) is 0 Å². The average Bonchev–Trinajstić information content (AvgIpc) is 2.10. The molecule has 86 valence electrons. The van der Waals surface area contributed by atoms with E-state index >= 15 is 0 Å². The van der Waals surface area contributed by atoms with E-state index in [1.165, 1.54) is 0 Å². The highest BCUT2D eigenvalue weighted by Gasteiger charge is 2.41. The van der Waals surface area contributed by atoms with Crippen molar-refractivity contribution < 1.29 is 14.7 Å². The molecule has 5 heteroatoms. The zero-order chi connectivity index (χ0) is 11.7. The number of amides is 1. The number of hydrogen-bond donors (Lipinski definition) is 3. The lowest BCUT2D eigenvalue weighted by Crippen LogP contribution is -2.59. The van der Waals surface area contributed by atoms with Crippen LogP contribution in [0.3, 0.4) is 0 Å². The molecule has 5 nitrogen and oxygen atoms in total. The van der Waals surface area contributed by atoms with Gasteiger partial charge in [0.25, 0.3) is 0 Å². The third-order valence-electron chi connectivity index (χ3n) is 2.97. The fourth-order valence-electron chi connectivity index (χ4n) is 1.34. The van der Waals surface area contributed by atoms with Crippen LogP contribution in [0.2, 0.25) is 0 Å². The zero-order valence-electron chi connectivity index (χ0n) is 9.17. The molecular weight excluding hydrogens is 196 g/mol. The standard InChI is InChI=1S/C10H18N2O3/c1-9(2,8(14)15)6-12-7(13)10(11)4-3-5-10/h3-6,11H2,1-2H3,(H,12,13)(H,14,15). The molecule has 1 fully saturated rings. The van der Waals surface area contributed by atoms with Crippen molar-refractivity contribution in [2.75, 3.05) is 6.54 Å². The summed E-state index contributed by atoms with van der Waals surface area (Å²) in [6.45, 7) is 3.25. The van der Waals surface area contributed by atoms with Crippen LogP contribution in [0, 0.1) is 5.41 Å². The summed E-state index contributed by atoms with van der Waals surface area (Å²) in [6, 6.07) is 0. The lowest BCUT2D eigenvalue weighted by Gasteiger charge is -2.36. The van der Waals surface area contributed by atoms with Crippen molar-refractivity contribution in [3.8, 4) is 0 Å². The summed E-state index contributed by atoms with van der Waals surface area (Å²) in [4.78, 5) is 22.4. The van der Waals surface area contributed by atoms with Crippen molar-refractivity contribution in [1.29, 1.82) is 0 Å². The van der Waals surface area contributed by atoms with Gasteiger partial charge in [-0.2, -0.15) is 0 Å². The van der Waals surface area contributed by atoms with E-state index in [0.29, 0.717) is 12.8 Å². The number of carbonyl (C=O) groups is 2. The Balaban J connectivity index is 2.43. The first-order chi connectivity index (χ1) is 6.78. The lowest BCUT2D eigenvalue weighted by molar-refractivity contribution is -0.147. The van der Waals surface area contributed by atoms with Crippen LogP contribution in [-0.4, -0.2) is 29.1 Å². The van der Waals surface area contributed by atoms with Crippen LogP contribution in [0.25, 0.3) is 0 Å². The summed E-state index contributed by atoms with van der Waals surface area (Å²) >= 11 is 0.